The first-order valence-corrected chi connectivity index (χ1v) is 12.3. The molecule has 3 aromatic rings. The van der Waals surface area contributed by atoms with E-state index >= 15 is 0 Å². The number of nitrogens with one attached hydrogen (secondary N) is 2. The summed E-state index contributed by atoms with van der Waals surface area (Å²) in [5.41, 5.74) is 5.71. The van der Waals surface area contributed by atoms with Crippen LogP contribution in [0, 0.1) is 5.82 Å². The fourth-order valence-corrected chi connectivity index (χ4v) is 4.43. The highest BCUT2D eigenvalue weighted by Crippen LogP contribution is 2.32. The molecule has 38 heavy (non-hydrogen) atoms. The van der Waals surface area contributed by atoms with E-state index in [0.717, 1.165) is 39.8 Å². The summed E-state index contributed by atoms with van der Waals surface area (Å²) in [4.78, 5) is 38.0. The first-order valence-electron chi connectivity index (χ1n) is 12.3. The van der Waals surface area contributed by atoms with E-state index in [2.05, 4.69) is 25.6 Å². The molecule has 5 rings (SSSR count). The van der Waals surface area contributed by atoms with Gasteiger partial charge in [-0.3, -0.25) is 14.6 Å². The van der Waals surface area contributed by atoms with Gasteiger partial charge in [0.25, 0.3) is 5.91 Å². The maximum absolute atomic E-state index is 13.2. The lowest BCUT2D eigenvalue weighted by Gasteiger charge is -2.15. The zero-order valence-corrected chi connectivity index (χ0v) is 20.8. The molecule has 1 aliphatic carbocycles. The standard InChI is InChI=1S/C30H26FN5O2/c1-19(22-5-7-24(31)8-6-22)36-30(38)28-29(35-14-13-33-28)34-11-2-3-20-4-9-25-23(15-20)17-27(37)26(25)16-21-10-12-32-18-21/h2-9,12-16,18-19H,10-11,17H2,1H3,(H,34,35)(H,36,38)/b3-2+,26-16-/t19-/m0/s1. The van der Waals surface area contributed by atoms with Gasteiger partial charge in [-0.2, -0.15) is 0 Å². The minimum atomic E-state index is -0.381. The molecule has 190 valence electrons. The van der Waals surface area contributed by atoms with Crippen LogP contribution in [0.15, 0.2) is 83.8 Å². The number of anilines is 1. The molecular formula is C30H26FN5O2. The molecule has 0 unspecified atom stereocenters. The van der Waals surface area contributed by atoms with E-state index in [-0.39, 0.29) is 29.2 Å². The third-order valence-corrected chi connectivity index (χ3v) is 6.40. The first-order chi connectivity index (χ1) is 18.5. The Morgan fingerprint density at radius 2 is 1.95 bits per heavy atom. The van der Waals surface area contributed by atoms with E-state index in [9.17, 15) is 14.0 Å². The predicted octanol–water partition coefficient (Wildman–Crippen LogP) is 5.10. The van der Waals surface area contributed by atoms with Crippen LogP contribution >= 0.6 is 0 Å². The van der Waals surface area contributed by atoms with Crippen LogP contribution in [0.5, 0.6) is 0 Å². The molecule has 2 N–H and O–H groups in total. The first kappa shape index (κ1) is 25.0. The van der Waals surface area contributed by atoms with Crippen molar-refractivity contribution < 1.29 is 14.0 Å². The number of allylic oxidation sites excluding steroid dienone is 3. The van der Waals surface area contributed by atoms with Gasteiger partial charge in [0.1, 0.15) is 5.82 Å². The third kappa shape index (κ3) is 5.64. The zero-order chi connectivity index (χ0) is 26.5. The van der Waals surface area contributed by atoms with Crippen molar-refractivity contribution in [2.24, 2.45) is 4.99 Å². The van der Waals surface area contributed by atoms with Crippen LogP contribution in [0.25, 0.3) is 11.6 Å². The van der Waals surface area contributed by atoms with Crippen molar-refractivity contribution in [1.82, 2.24) is 15.3 Å². The molecule has 1 atom stereocenters. The number of Topliss-reactive ketones (excluding diaryl/α,β-unsaturated/α-hetero) is 1. The quantitative estimate of drug-likeness (QED) is 0.414. The molecule has 1 aliphatic heterocycles. The summed E-state index contributed by atoms with van der Waals surface area (Å²) in [6.07, 6.45) is 13.6. The Balaban J connectivity index is 1.21. The van der Waals surface area contributed by atoms with Crippen molar-refractivity contribution in [3.05, 3.63) is 113 Å². The van der Waals surface area contributed by atoms with Gasteiger partial charge in [-0.05, 0) is 53.0 Å². The third-order valence-electron chi connectivity index (χ3n) is 6.40. The van der Waals surface area contributed by atoms with E-state index in [4.69, 9.17) is 0 Å². The van der Waals surface area contributed by atoms with Crippen LogP contribution in [-0.4, -0.2) is 34.4 Å². The summed E-state index contributed by atoms with van der Waals surface area (Å²) in [6.45, 7) is 2.24. The monoisotopic (exact) mass is 507 g/mol. The molecule has 0 spiro atoms. The van der Waals surface area contributed by atoms with Crippen molar-refractivity contribution in [3.63, 3.8) is 0 Å². The van der Waals surface area contributed by atoms with Gasteiger partial charge in [-0.25, -0.2) is 14.4 Å². The number of aliphatic imine (C=N–C) groups is 1. The van der Waals surface area contributed by atoms with Gasteiger partial charge >= 0.3 is 0 Å². The number of carbonyl (C=O) groups excluding carboxylic acids is 2. The molecule has 0 saturated heterocycles. The number of ketones is 1. The number of benzene rings is 2. The molecule has 1 amide bonds. The molecule has 0 bridgehead atoms. The van der Waals surface area contributed by atoms with Crippen LogP contribution in [0.2, 0.25) is 0 Å². The minimum Gasteiger partial charge on any atom is -0.365 e. The lowest BCUT2D eigenvalue weighted by atomic mass is 10.0. The van der Waals surface area contributed by atoms with Crippen LogP contribution in [0.3, 0.4) is 0 Å². The van der Waals surface area contributed by atoms with E-state index in [0.29, 0.717) is 18.8 Å². The number of nitrogens with zero attached hydrogens (tertiary/aromatic N) is 3. The van der Waals surface area contributed by atoms with Gasteiger partial charge in [0, 0.05) is 49.8 Å². The summed E-state index contributed by atoms with van der Waals surface area (Å²) in [5.74, 6) is -0.227. The summed E-state index contributed by atoms with van der Waals surface area (Å²) < 4.78 is 13.2. The van der Waals surface area contributed by atoms with Gasteiger partial charge < -0.3 is 10.6 Å². The van der Waals surface area contributed by atoms with E-state index < -0.39 is 0 Å². The number of fused-ring (bicyclic) bond motifs is 1. The Kier molecular flexibility index (Phi) is 7.31. The lowest BCUT2D eigenvalue weighted by molar-refractivity contribution is -0.112. The van der Waals surface area contributed by atoms with Gasteiger partial charge in [-0.15, -0.1) is 0 Å². The Hall–Kier alpha value is -4.72. The second kappa shape index (κ2) is 11.1. The SMILES string of the molecule is C[C@H](NC(=O)c1nccnc1NC/C=C/c1ccc2c(c1)CC(=O)/C2=C\C1=CN=CC1)c1ccc(F)cc1. The molecule has 1 aromatic heterocycles. The second-order valence-electron chi connectivity index (χ2n) is 9.10. The van der Waals surface area contributed by atoms with Crippen LogP contribution in [0.4, 0.5) is 10.2 Å². The van der Waals surface area contributed by atoms with Crippen molar-refractivity contribution in [1.29, 1.82) is 0 Å². The topological polar surface area (TPSA) is 96.3 Å². The highest BCUT2D eigenvalue weighted by atomic mass is 19.1. The lowest BCUT2D eigenvalue weighted by Crippen LogP contribution is -2.28. The molecule has 0 fully saturated rings. The van der Waals surface area contributed by atoms with Gasteiger partial charge in [0.05, 0.1) is 6.04 Å². The van der Waals surface area contributed by atoms with E-state index in [1.807, 2.05) is 49.6 Å². The molecule has 8 heteroatoms. The van der Waals surface area contributed by atoms with Crippen LogP contribution < -0.4 is 10.6 Å². The molecule has 2 aliphatic rings. The van der Waals surface area contributed by atoms with Crippen molar-refractivity contribution in [3.8, 4) is 0 Å². The Labute approximate surface area is 219 Å². The van der Waals surface area contributed by atoms with Gasteiger partial charge in [-0.1, -0.05) is 42.5 Å². The molecule has 7 nitrogen and oxygen atoms in total. The van der Waals surface area contributed by atoms with Crippen molar-refractivity contribution in [2.75, 3.05) is 11.9 Å². The average Bonchev–Trinajstić information content (AvgIpc) is 3.54. The highest BCUT2D eigenvalue weighted by Gasteiger charge is 2.24. The van der Waals surface area contributed by atoms with Crippen molar-refractivity contribution in [2.45, 2.75) is 25.8 Å². The largest absolute Gasteiger partial charge is 0.365 e. The summed E-state index contributed by atoms with van der Waals surface area (Å²) >= 11 is 0. The fourth-order valence-electron chi connectivity index (χ4n) is 4.43. The fraction of sp³-hybridized carbons (Fsp3) is 0.167. The van der Waals surface area contributed by atoms with Crippen LogP contribution in [0.1, 0.15) is 52.1 Å². The predicted molar refractivity (Wildman–Crippen MR) is 146 cm³/mol. The Morgan fingerprint density at radius 3 is 2.74 bits per heavy atom. The summed E-state index contributed by atoms with van der Waals surface area (Å²) in [7, 11) is 0. The number of aromatic nitrogens is 2. The number of carbonyl (C=O) groups is 2. The summed E-state index contributed by atoms with van der Waals surface area (Å²) in [5, 5.41) is 6.02. The second-order valence-corrected chi connectivity index (χ2v) is 9.10. The molecule has 2 heterocycles. The van der Waals surface area contributed by atoms with E-state index in [1.54, 1.807) is 18.3 Å². The number of rotatable bonds is 8. The number of hydrogen-bond donors (Lipinski definition) is 2. The smallest absolute Gasteiger partial charge is 0.274 e. The van der Waals surface area contributed by atoms with Crippen LogP contribution in [-0.2, 0) is 11.2 Å². The maximum Gasteiger partial charge on any atom is 0.274 e. The molecule has 2 aromatic carbocycles. The number of amides is 1. The van der Waals surface area contributed by atoms with E-state index in [1.165, 1.54) is 24.5 Å². The maximum atomic E-state index is 13.2. The molecule has 0 saturated carbocycles. The van der Waals surface area contributed by atoms with Crippen molar-refractivity contribution >= 4 is 35.4 Å². The van der Waals surface area contributed by atoms with Gasteiger partial charge in [0.15, 0.2) is 17.3 Å². The normalized spacial score (nSPS) is 16.1. The average molecular weight is 508 g/mol. The number of hydrogen-bond acceptors (Lipinski definition) is 6. The Morgan fingerprint density at radius 1 is 1.13 bits per heavy atom. The highest BCUT2D eigenvalue weighted by molar-refractivity contribution is 6.26. The Bertz CT molecular complexity index is 1510. The van der Waals surface area contributed by atoms with Gasteiger partial charge in [0.2, 0.25) is 0 Å². The summed E-state index contributed by atoms with van der Waals surface area (Å²) in [6, 6.07) is 11.7. The zero-order valence-electron chi connectivity index (χ0n) is 20.8. The molecular weight excluding hydrogens is 481 g/mol. The number of halogens is 1. The molecule has 0 radical (unpaired) electrons. The minimum absolute atomic E-state index is 0.123.